The standard InChI is InChI=1S/C20H35N3O8Si/c1-11(2)20(6,7)32(8,9)31-19-16(22-23-21)18(29-14(5)26)17(28-13(4)25)15(30-19)10-27-12(3)24/h11,15-19H,10H2,1-9H3/t15-,16-,17+,18-,19+/m1/s1. The van der Waals surface area contributed by atoms with Gasteiger partial charge in [-0.05, 0) is 29.6 Å². The number of ether oxygens (including phenoxy) is 4. The van der Waals surface area contributed by atoms with Gasteiger partial charge < -0.3 is 23.4 Å². The predicted octanol–water partition coefficient (Wildman–Crippen LogP) is 3.47. The van der Waals surface area contributed by atoms with E-state index in [-0.39, 0.29) is 17.6 Å². The van der Waals surface area contributed by atoms with Gasteiger partial charge in [0.05, 0.1) is 0 Å². The Kier molecular flexibility index (Phi) is 9.70. The summed E-state index contributed by atoms with van der Waals surface area (Å²) in [5.41, 5.74) is 9.19. The highest BCUT2D eigenvalue weighted by molar-refractivity contribution is 6.74. The Morgan fingerprint density at radius 2 is 1.59 bits per heavy atom. The van der Waals surface area contributed by atoms with Gasteiger partial charge in [-0.3, -0.25) is 14.4 Å². The number of hydrogen-bond acceptors (Lipinski definition) is 9. The molecular weight excluding hydrogens is 438 g/mol. The van der Waals surface area contributed by atoms with Crippen molar-refractivity contribution in [1.82, 2.24) is 0 Å². The van der Waals surface area contributed by atoms with E-state index in [1.807, 2.05) is 13.1 Å². The second-order valence-corrected chi connectivity index (χ2v) is 13.7. The Hall–Kier alpha value is -2.14. The molecule has 1 heterocycles. The SMILES string of the molecule is CC(=O)OC[C@H]1O[C@@H](O[Si](C)(C)C(C)(C)C(C)C)[C@H](N=[N+]=[N-])[C@@H](OC(C)=O)[C@H]1OC(C)=O. The molecule has 32 heavy (non-hydrogen) atoms. The zero-order chi connectivity index (χ0) is 24.9. The van der Waals surface area contributed by atoms with Gasteiger partial charge in [0.15, 0.2) is 26.8 Å². The van der Waals surface area contributed by atoms with E-state index in [1.165, 1.54) is 20.8 Å². The molecule has 0 unspecified atom stereocenters. The number of carbonyl (C=O) groups is 3. The highest BCUT2D eigenvalue weighted by atomic mass is 28.4. The van der Waals surface area contributed by atoms with Crippen LogP contribution in [-0.2, 0) is 37.8 Å². The van der Waals surface area contributed by atoms with Crippen molar-refractivity contribution in [2.45, 2.75) is 97.2 Å². The Bertz CT molecular complexity index is 751. The molecule has 0 N–H and O–H groups in total. The van der Waals surface area contributed by atoms with Gasteiger partial charge in [0.1, 0.15) is 18.8 Å². The van der Waals surface area contributed by atoms with Gasteiger partial charge in [-0.25, -0.2) is 0 Å². The molecule has 5 atom stereocenters. The second-order valence-electron chi connectivity index (χ2n) is 9.19. The lowest BCUT2D eigenvalue weighted by Gasteiger charge is -2.49. The number of rotatable bonds is 9. The molecule has 11 nitrogen and oxygen atoms in total. The zero-order valence-corrected chi connectivity index (χ0v) is 21.3. The summed E-state index contributed by atoms with van der Waals surface area (Å²) in [6, 6.07) is -1.13. The minimum atomic E-state index is -2.51. The van der Waals surface area contributed by atoms with Crippen molar-refractivity contribution in [3.05, 3.63) is 10.4 Å². The van der Waals surface area contributed by atoms with Crippen LogP contribution in [-0.4, -0.2) is 63.5 Å². The van der Waals surface area contributed by atoms with Crippen molar-refractivity contribution in [2.24, 2.45) is 11.0 Å². The van der Waals surface area contributed by atoms with E-state index in [0.29, 0.717) is 0 Å². The molecule has 0 spiro atoms. The lowest BCUT2D eigenvalue weighted by atomic mass is 9.97. The maximum atomic E-state index is 11.9. The van der Waals surface area contributed by atoms with Crippen molar-refractivity contribution in [3.63, 3.8) is 0 Å². The molecule has 1 rings (SSSR count). The molecule has 12 heteroatoms. The van der Waals surface area contributed by atoms with Crippen LogP contribution in [0.15, 0.2) is 5.11 Å². The Labute approximate surface area is 189 Å². The first-order chi connectivity index (χ1) is 14.6. The maximum absolute atomic E-state index is 11.9. The van der Waals surface area contributed by atoms with Gasteiger partial charge in [-0.2, -0.15) is 0 Å². The molecule has 0 saturated carbocycles. The van der Waals surface area contributed by atoms with E-state index < -0.39 is 56.9 Å². The van der Waals surface area contributed by atoms with Gasteiger partial charge in [-0.15, -0.1) is 0 Å². The molecule has 1 fully saturated rings. The van der Waals surface area contributed by atoms with E-state index in [2.05, 4.69) is 37.7 Å². The molecular formula is C20H35N3O8Si. The number of carbonyl (C=O) groups excluding carboxylic acids is 3. The molecule has 182 valence electrons. The van der Waals surface area contributed by atoms with Crippen molar-refractivity contribution < 1.29 is 37.8 Å². The average Bonchev–Trinajstić information content (AvgIpc) is 2.63. The summed E-state index contributed by atoms with van der Waals surface area (Å²) in [5.74, 6) is -1.63. The van der Waals surface area contributed by atoms with Gasteiger partial charge >= 0.3 is 17.9 Å². The van der Waals surface area contributed by atoms with E-state index in [4.69, 9.17) is 23.4 Å². The van der Waals surface area contributed by atoms with Crippen LogP contribution >= 0.6 is 0 Å². The fourth-order valence-corrected chi connectivity index (χ4v) is 5.77. The molecule has 0 amide bonds. The summed E-state index contributed by atoms with van der Waals surface area (Å²) in [7, 11) is -2.51. The summed E-state index contributed by atoms with van der Waals surface area (Å²) in [5, 5.41) is 3.57. The summed E-state index contributed by atoms with van der Waals surface area (Å²) < 4.78 is 28.3. The van der Waals surface area contributed by atoms with Crippen molar-refractivity contribution in [3.8, 4) is 0 Å². The zero-order valence-electron chi connectivity index (χ0n) is 20.3. The highest BCUT2D eigenvalue weighted by Gasteiger charge is 2.54. The molecule has 0 aliphatic carbocycles. The summed E-state index contributed by atoms with van der Waals surface area (Å²) in [6.45, 7) is 15.7. The van der Waals surface area contributed by atoms with Crippen LogP contribution in [0, 0.1) is 5.92 Å². The third kappa shape index (κ3) is 6.93. The highest BCUT2D eigenvalue weighted by Crippen LogP contribution is 2.46. The van der Waals surface area contributed by atoms with Crippen LogP contribution < -0.4 is 0 Å². The Balaban J connectivity index is 3.46. The van der Waals surface area contributed by atoms with Crippen molar-refractivity contribution in [1.29, 1.82) is 0 Å². The van der Waals surface area contributed by atoms with Gasteiger partial charge in [0, 0.05) is 25.7 Å². The Morgan fingerprint density at radius 1 is 1.06 bits per heavy atom. The number of esters is 3. The summed E-state index contributed by atoms with van der Waals surface area (Å²) in [6.07, 6.45) is -4.48. The van der Waals surface area contributed by atoms with Gasteiger partial charge in [0.25, 0.3) is 0 Å². The normalized spacial score (nSPS) is 26.1. The van der Waals surface area contributed by atoms with E-state index >= 15 is 0 Å². The van der Waals surface area contributed by atoms with E-state index in [0.717, 1.165) is 0 Å². The van der Waals surface area contributed by atoms with Crippen LogP contribution in [0.5, 0.6) is 0 Å². The number of azide groups is 1. The van der Waals surface area contributed by atoms with Crippen LogP contribution in [0.2, 0.25) is 18.1 Å². The third-order valence-electron chi connectivity index (χ3n) is 6.26. The number of hydrogen-bond donors (Lipinski definition) is 0. The lowest BCUT2D eigenvalue weighted by Crippen LogP contribution is -2.63. The minimum absolute atomic E-state index is 0.202. The first kappa shape index (κ1) is 27.9. The molecule has 1 saturated heterocycles. The first-order valence-corrected chi connectivity index (χ1v) is 13.4. The monoisotopic (exact) mass is 473 g/mol. The molecule has 0 radical (unpaired) electrons. The third-order valence-corrected chi connectivity index (χ3v) is 10.8. The van der Waals surface area contributed by atoms with E-state index in [1.54, 1.807) is 0 Å². The molecule has 0 aromatic carbocycles. The average molecular weight is 474 g/mol. The van der Waals surface area contributed by atoms with Crippen LogP contribution in [0.4, 0.5) is 0 Å². The van der Waals surface area contributed by atoms with Crippen LogP contribution in [0.3, 0.4) is 0 Å². The predicted molar refractivity (Wildman–Crippen MR) is 117 cm³/mol. The molecule has 1 aliphatic heterocycles. The smallest absolute Gasteiger partial charge is 0.303 e. The van der Waals surface area contributed by atoms with E-state index in [9.17, 15) is 19.9 Å². The molecule has 0 aromatic heterocycles. The molecule has 1 aliphatic rings. The maximum Gasteiger partial charge on any atom is 0.303 e. The summed E-state index contributed by atoms with van der Waals surface area (Å²) in [4.78, 5) is 37.9. The van der Waals surface area contributed by atoms with Gasteiger partial charge in [0.2, 0.25) is 0 Å². The van der Waals surface area contributed by atoms with Crippen molar-refractivity contribution in [2.75, 3.05) is 6.61 Å². The molecule has 0 aromatic rings. The first-order valence-electron chi connectivity index (χ1n) is 10.5. The van der Waals surface area contributed by atoms with Gasteiger partial charge in [-0.1, -0.05) is 32.8 Å². The summed E-state index contributed by atoms with van der Waals surface area (Å²) >= 11 is 0. The lowest BCUT2D eigenvalue weighted by molar-refractivity contribution is -0.255. The fraction of sp³-hybridized carbons (Fsp3) is 0.850. The Morgan fingerprint density at radius 3 is 2.03 bits per heavy atom. The van der Waals surface area contributed by atoms with Crippen molar-refractivity contribution >= 4 is 26.2 Å². The second kappa shape index (κ2) is 11.1. The molecule has 0 bridgehead atoms. The quantitative estimate of drug-likeness (QED) is 0.123. The number of nitrogens with zero attached hydrogens (tertiary/aromatic N) is 3. The van der Waals surface area contributed by atoms with Crippen LogP contribution in [0.25, 0.3) is 10.4 Å². The van der Waals surface area contributed by atoms with Crippen LogP contribution in [0.1, 0.15) is 48.5 Å². The topological polar surface area (TPSA) is 146 Å². The largest absolute Gasteiger partial charge is 0.463 e. The minimum Gasteiger partial charge on any atom is -0.463 e. The fourth-order valence-electron chi connectivity index (χ4n) is 3.30.